The van der Waals surface area contributed by atoms with Gasteiger partial charge in [0.05, 0.1) is 24.4 Å². The number of rotatable bonds is 5. The van der Waals surface area contributed by atoms with Crippen molar-refractivity contribution in [3.8, 4) is 11.8 Å². The van der Waals surface area contributed by atoms with Gasteiger partial charge in [-0.25, -0.2) is 4.79 Å². The lowest BCUT2D eigenvalue weighted by Gasteiger charge is -2.34. The highest BCUT2D eigenvalue weighted by molar-refractivity contribution is 5.98. The SMILES string of the molecule is COc1cc(C2=C(C#N)CCC=C2)ccc1C(=O)N(C1CC1)C1CCc2nn(C(=O)OC(C)(C)C)cc2C1. The number of carbonyl (C=O) groups is 2. The molecule has 0 N–H and O–H groups in total. The highest BCUT2D eigenvalue weighted by Crippen LogP contribution is 2.37. The van der Waals surface area contributed by atoms with Crippen molar-refractivity contribution in [3.63, 3.8) is 0 Å². The molecule has 0 saturated heterocycles. The van der Waals surface area contributed by atoms with Crippen LogP contribution in [0.3, 0.4) is 0 Å². The fourth-order valence-corrected chi connectivity index (χ4v) is 5.33. The van der Waals surface area contributed by atoms with Gasteiger partial charge in [-0.1, -0.05) is 18.2 Å². The fourth-order valence-electron chi connectivity index (χ4n) is 5.33. The normalized spacial score (nSPS) is 19.0. The minimum Gasteiger partial charge on any atom is -0.496 e. The van der Waals surface area contributed by atoms with Gasteiger partial charge in [-0.2, -0.15) is 15.0 Å². The zero-order chi connectivity index (χ0) is 27.0. The van der Waals surface area contributed by atoms with Crippen LogP contribution in [0.15, 0.2) is 42.1 Å². The van der Waals surface area contributed by atoms with Gasteiger partial charge in [-0.3, -0.25) is 4.79 Å². The second kappa shape index (κ2) is 10.1. The average Bonchev–Trinajstić information content (AvgIpc) is 3.63. The third-order valence-electron chi connectivity index (χ3n) is 7.24. The number of methoxy groups -OCH3 is 1. The molecule has 0 aliphatic heterocycles. The van der Waals surface area contributed by atoms with Crippen LogP contribution in [0.4, 0.5) is 4.79 Å². The maximum atomic E-state index is 14.0. The topological polar surface area (TPSA) is 97.5 Å². The van der Waals surface area contributed by atoms with Crippen LogP contribution in [-0.4, -0.2) is 51.5 Å². The van der Waals surface area contributed by atoms with Crippen LogP contribution in [-0.2, 0) is 17.6 Å². The molecule has 0 radical (unpaired) electrons. The van der Waals surface area contributed by atoms with Gasteiger partial charge >= 0.3 is 6.09 Å². The first kappa shape index (κ1) is 25.8. The minimum atomic E-state index is -0.601. The number of allylic oxidation sites excluding steroid dienone is 4. The van der Waals surface area contributed by atoms with E-state index in [1.54, 1.807) is 13.3 Å². The summed E-state index contributed by atoms with van der Waals surface area (Å²) >= 11 is 0. The summed E-state index contributed by atoms with van der Waals surface area (Å²) in [6.07, 6.45) is 11.0. The number of ether oxygens (including phenoxy) is 2. The Morgan fingerprint density at radius 1 is 1.16 bits per heavy atom. The van der Waals surface area contributed by atoms with Gasteiger partial charge in [0.1, 0.15) is 11.4 Å². The third kappa shape index (κ3) is 5.24. The Bertz CT molecular complexity index is 1370. The van der Waals surface area contributed by atoms with Crippen LogP contribution in [0.5, 0.6) is 5.75 Å². The molecule has 1 saturated carbocycles. The average molecular weight is 515 g/mol. The van der Waals surface area contributed by atoms with Gasteiger partial charge in [0.25, 0.3) is 5.91 Å². The smallest absolute Gasteiger partial charge is 0.435 e. The molecular formula is C30H34N4O4. The van der Waals surface area contributed by atoms with Gasteiger partial charge < -0.3 is 14.4 Å². The number of hydrogen-bond donors (Lipinski definition) is 0. The first-order chi connectivity index (χ1) is 18.2. The zero-order valence-corrected chi connectivity index (χ0v) is 22.5. The van der Waals surface area contributed by atoms with Gasteiger partial charge in [0, 0.05) is 23.9 Å². The van der Waals surface area contributed by atoms with E-state index in [0.717, 1.165) is 60.1 Å². The zero-order valence-electron chi connectivity index (χ0n) is 22.5. The molecule has 0 bridgehead atoms. The Morgan fingerprint density at radius 2 is 1.95 bits per heavy atom. The van der Waals surface area contributed by atoms with E-state index in [1.165, 1.54) is 4.68 Å². The molecule has 1 aromatic carbocycles. The van der Waals surface area contributed by atoms with E-state index in [4.69, 9.17) is 9.47 Å². The molecule has 1 unspecified atom stereocenters. The number of amides is 1. The highest BCUT2D eigenvalue weighted by atomic mass is 16.6. The summed E-state index contributed by atoms with van der Waals surface area (Å²) in [7, 11) is 1.57. The lowest BCUT2D eigenvalue weighted by atomic mass is 9.91. The molecule has 8 nitrogen and oxygen atoms in total. The van der Waals surface area contributed by atoms with Gasteiger partial charge in [-0.05, 0) is 94.5 Å². The van der Waals surface area contributed by atoms with Gasteiger partial charge in [0.15, 0.2) is 0 Å². The molecule has 3 aliphatic carbocycles. The summed E-state index contributed by atoms with van der Waals surface area (Å²) in [4.78, 5) is 28.5. The van der Waals surface area contributed by atoms with E-state index < -0.39 is 11.7 Å². The van der Waals surface area contributed by atoms with Crippen LogP contribution < -0.4 is 4.74 Å². The number of hydrogen-bond acceptors (Lipinski definition) is 6. The number of aryl methyl sites for hydroxylation is 1. The van der Waals surface area contributed by atoms with Crippen LogP contribution in [0.2, 0.25) is 0 Å². The Hall–Kier alpha value is -3.86. The first-order valence-electron chi connectivity index (χ1n) is 13.3. The quantitative estimate of drug-likeness (QED) is 0.525. The van der Waals surface area contributed by atoms with Gasteiger partial charge in [-0.15, -0.1) is 0 Å². The predicted molar refractivity (Wildman–Crippen MR) is 143 cm³/mol. The molecule has 1 heterocycles. The van der Waals surface area contributed by atoms with Crippen molar-refractivity contribution in [2.75, 3.05) is 7.11 Å². The lowest BCUT2D eigenvalue weighted by Crippen LogP contribution is -2.45. The number of fused-ring (bicyclic) bond motifs is 1. The van der Waals surface area contributed by atoms with Crippen LogP contribution in [0.25, 0.3) is 5.57 Å². The van der Waals surface area contributed by atoms with Crippen molar-refractivity contribution in [3.05, 3.63) is 64.5 Å². The Kier molecular flexibility index (Phi) is 6.87. The number of aromatic nitrogens is 2. The largest absolute Gasteiger partial charge is 0.496 e. The molecule has 1 atom stereocenters. The number of nitrogens with zero attached hydrogens (tertiary/aromatic N) is 4. The fraction of sp³-hybridized carbons (Fsp3) is 0.467. The molecule has 8 heteroatoms. The van der Waals surface area contributed by atoms with Crippen molar-refractivity contribution in [1.29, 1.82) is 5.26 Å². The van der Waals surface area contributed by atoms with Crippen molar-refractivity contribution >= 4 is 17.6 Å². The summed E-state index contributed by atoms with van der Waals surface area (Å²) in [5.74, 6) is 0.466. The maximum absolute atomic E-state index is 14.0. The molecule has 5 rings (SSSR count). The number of nitriles is 1. The third-order valence-corrected chi connectivity index (χ3v) is 7.24. The predicted octanol–water partition coefficient (Wildman–Crippen LogP) is 5.46. The molecule has 2 aromatic rings. The van der Waals surface area contributed by atoms with E-state index in [9.17, 15) is 14.9 Å². The Morgan fingerprint density at radius 3 is 2.63 bits per heavy atom. The van der Waals surface area contributed by atoms with Crippen LogP contribution in [0.1, 0.15) is 80.1 Å². The second-order valence-electron chi connectivity index (χ2n) is 11.2. The molecule has 3 aliphatic rings. The summed E-state index contributed by atoms with van der Waals surface area (Å²) in [5.41, 5.74) is 4.30. The van der Waals surface area contributed by atoms with E-state index >= 15 is 0 Å². The summed E-state index contributed by atoms with van der Waals surface area (Å²) in [5, 5.41) is 14.0. The molecule has 1 fully saturated rings. The minimum absolute atomic E-state index is 0.0114. The Labute approximate surface area is 223 Å². The second-order valence-corrected chi connectivity index (χ2v) is 11.2. The summed E-state index contributed by atoms with van der Waals surface area (Å²) < 4.78 is 12.4. The Balaban J connectivity index is 1.39. The van der Waals surface area contributed by atoms with Crippen molar-refractivity contribution in [2.24, 2.45) is 0 Å². The molecule has 0 spiro atoms. The number of benzene rings is 1. The number of carbonyl (C=O) groups excluding carboxylic acids is 2. The lowest BCUT2D eigenvalue weighted by molar-refractivity contribution is 0.0513. The first-order valence-corrected chi connectivity index (χ1v) is 13.3. The summed E-state index contributed by atoms with van der Waals surface area (Å²) in [6, 6.07) is 8.13. The molecule has 38 heavy (non-hydrogen) atoms. The van der Waals surface area contributed by atoms with E-state index in [-0.39, 0.29) is 18.0 Å². The van der Waals surface area contributed by atoms with Gasteiger partial charge in [0.2, 0.25) is 0 Å². The molecule has 1 amide bonds. The van der Waals surface area contributed by atoms with Crippen LogP contribution >= 0.6 is 0 Å². The molecule has 198 valence electrons. The van der Waals surface area contributed by atoms with Crippen LogP contribution in [0, 0.1) is 11.3 Å². The van der Waals surface area contributed by atoms with E-state index in [1.807, 2.05) is 49.9 Å². The van der Waals surface area contributed by atoms with Crippen molar-refractivity contribution < 1.29 is 19.1 Å². The van der Waals surface area contributed by atoms with E-state index in [2.05, 4.69) is 17.2 Å². The van der Waals surface area contributed by atoms with E-state index in [0.29, 0.717) is 24.2 Å². The highest BCUT2D eigenvalue weighted by Gasteiger charge is 2.40. The maximum Gasteiger partial charge on any atom is 0.435 e. The van der Waals surface area contributed by atoms with Crippen molar-refractivity contribution in [2.45, 2.75) is 83.4 Å². The molecular weight excluding hydrogens is 480 g/mol. The standard InChI is InChI=1S/C30H34N4O4/c1-30(2,3)38-29(36)33-18-21-15-23(12-14-26(21)32-33)34(22-10-11-22)28(35)25-13-9-19(16-27(25)37-4)24-8-6-5-7-20(24)17-31/h6,8-9,13,16,18,22-23H,5,7,10-12,14-15H2,1-4H3. The monoisotopic (exact) mass is 514 g/mol. The molecule has 1 aromatic heterocycles. The summed E-state index contributed by atoms with van der Waals surface area (Å²) in [6.45, 7) is 5.49. The van der Waals surface area contributed by atoms with Crippen molar-refractivity contribution in [1.82, 2.24) is 14.7 Å².